The summed E-state index contributed by atoms with van der Waals surface area (Å²) in [6.45, 7) is 3.28. The van der Waals surface area contributed by atoms with Crippen LogP contribution in [0.5, 0.6) is 0 Å². The quantitative estimate of drug-likeness (QED) is 0.909. The molecule has 3 aliphatic rings. The van der Waals surface area contributed by atoms with Crippen molar-refractivity contribution in [1.82, 2.24) is 20.0 Å². The molecule has 6 heteroatoms. The maximum atomic E-state index is 12.5. The second kappa shape index (κ2) is 6.57. The van der Waals surface area contributed by atoms with Gasteiger partial charge in [-0.15, -0.1) is 0 Å². The van der Waals surface area contributed by atoms with Crippen molar-refractivity contribution in [2.45, 2.75) is 25.3 Å². The van der Waals surface area contributed by atoms with E-state index in [1.54, 1.807) is 12.4 Å². The first-order chi connectivity index (χ1) is 11.7. The number of benzene rings is 1. The molecule has 5 rings (SSSR count). The largest absolute Gasteiger partial charge is 0.342 e. The van der Waals surface area contributed by atoms with Crippen LogP contribution in [0.15, 0.2) is 36.7 Å². The van der Waals surface area contributed by atoms with Gasteiger partial charge in [-0.05, 0) is 56.0 Å². The Balaban J connectivity index is 1.44. The van der Waals surface area contributed by atoms with Crippen molar-refractivity contribution in [2.75, 3.05) is 19.6 Å². The number of nitrogens with zero attached hydrogens (tertiary/aromatic N) is 3. The molecule has 5 nitrogen and oxygen atoms in total. The van der Waals surface area contributed by atoms with Crippen molar-refractivity contribution in [3.8, 4) is 11.1 Å². The molecule has 2 aromatic rings. The van der Waals surface area contributed by atoms with E-state index in [9.17, 15) is 4.79 Å². The van der Waals surface area contributed by atoms with Crippen LogP contribution in [0.1, 0.15) is 19.3 Å². The van der Waals surface area contributed by atoms with E-state index in [2.05, 4.69) is 15.3 Å². The minimum atomic E-state index is -0.150. The highest BCUT2D eigenvalue weighted by molar-refractivity contribution is 6.30. The minimum absolute atomic E-state index is 0.150. The van der Waals surface area contributed by atoms with Gasteiger partial charge < -0.3 is 10.2 Å². The summed E-state index contributed by atoms with van der Waals surface area (Å²) in [5, 5.41) is 8.06. The number of carbonyl (C=O) groups is 1. The second-order valence-corrected chi connectivity index (χ2v) is 7.24. The van der Waals surface area contributed by atoms with Crippen molar-refractivity contribution in [3.63, 3.8) is 0 Å². The molecule has 3 fully saturated rings. The molecule has 0 radical (unpaired) electrons. The highest BCUT2D eigenvalue weighted by Crippen LogP contribution is 2.27. The van der Waals surface area contributed by atoms with Gasteiger partial charge in [-0.3, -0.25) is 0 Å². The Labute approximate surface area is 146 Å². The van der Waals surface area contributed by atoms with Crippen LogP contribution >= 0.6 is 11.6 Å². The van der Waals surface area contributed by atoms with E-state index in [4.69, 9.17) is 11.6 Å². The molecule has 1 N–H and O–H groups in total. The third-order valence-corrected chi connectivity index (χ3v) is 5.35. The third kappa shape index (κ3) is 3.32. The van der Waals surface area contributed by atoms with Crippen LogP contribution < -0.4 is 5.32 Å². The van der Waals surface area contributed by atoms with Gasteiger partial charge in [0.15, 0.2) is 0 Å². The summed E-state index contributed by atoms with van der Waals surface area (Å²) in [6.07, 6.45) is 7.07. The number of aromatic nitrogens is 2. The van der Waals surface area contributed by atoms with Crippen molar-refractivity contribution < 1.29 is 4.79 Å². The zero-order valence-electron chi connectivity index (χ0n) is 13.5. The summed E-state index contributed by atoms with van der Waals surface area (Å²) in [5.41, 5.74) is 1.91. The molecule has 1 aromatic carbocycles. The van der Waals surface area contributed by atoms with Gasteiger partial charge in [-0.1, -0.05) is 23.7 Å². The number of nitrogens with one attached hydrogen (secondary N) is 1. The van der Waals surface area contributed by atoms with Gasteiger partial charge in [0.25, 0.3) is 0 Å². The molecule has 1 atom stereocenters. The summed E-state index contributed by atoms with van der Waals surface area (Å²) in [7, 11) is 0. The van der Waals surface area contributed by atoms with E-state index in [0.717, 1.165) is 30.0 Å². The van der Waals surface area contributed by atoms with Crippen molar-refractivity contribution >= 4 is 17.6 Å². The summed E-state index contributed by atoms with van der Waals surface area (Å²) < 4.78 is 1.39. The van der Waals surface area contributed by atoms with E-state index in [-0.39, 0.29) is 12.1 Å². The normalized spacial score (nSPS) is 26.1. The minimum Gasteiger partial charge on any atom is -0.332 e. The zero-order valence-corrected chi connectivity index (χ0v) is 14.2. The number of hydrogen-bond donors (Lipinski definition) is 1. The van der Waals surface area contributed by atoms with Crippen molar-refractivity contribution in [2.24, 2.45) is 5.92 Å². The highest BCUT2D eigenvalue weighted by Gasteiger charge is 2.30. The van der Waals surface area contributed by atoms with Crippen LogP contribution in [0.25, 0.3) is 11.1 Å². The van der Waals surface area contributed by atoms with Gasteiger partial charge in [0.05, 0.1) is 6.20 Å². The Bertz CT molecular complexity index is 705. The Hall–Kier alpha value is -1.85. The number of carbonyl (C=O) groups excluding carboxylic acids is 1. The van der Waals surface area contributed by atoms with Gasteiger partial charge in [0.2, 0.25) is 0 Å². The molecule has 3 saturated heterocycles. The Morgan fingerprint density at radius 1 is 1.17 bits per heavy atom. The lowest BCUT2D eigenvalue weighted by atomic mass is 9.94. The Morgan fingerprint density at radius 3 is 2.67 bits per heavy atom. The smallest absolute Gasteiger partial charge is 0.332 e. The van der Waals surface area contributed by atoms with Crippen molar-refractivity contribution in [3.05, 3.63) is 41.7 Å². The summed E-state index contributed by atoms with van der Waals surface area (Å²) in [4.78, 5) is 15.0. The monoisotopic (exact) mass is 344 g/mol. The van der Waals surface area contributed by atoms with Crippen LogP contribution in [0, 0.1) is 5.92 Å². The number of piperidine rings is 1. The Morgan fingerprint density at radius 2 is 1.92 bits per heavy atom. The summed E-state index contributed by atoms with van der Waals surface area (Å²) in [5.74, 6) is 0.747. The van der Waals surface area contributed by atoms with E-state index in [1.807, 2.05) is 24.3 Å². The molecule has 1 aromatic heterocycles. The molecule has 4 heterocycles. The molecule has 3 aliphatic heterocycles. The summed E-state index contributed by atoms with van der Waals surface area (Å²) in [6, 6.07) is 7.60. The lowest BCUT2D eigenvalue weighted by molar-refractivity contribution is 0.216. The predicted octanol–water partition coefficient (Wildman–Crippen LogP) is 3.25. The van der Waals surface area contributed by atoms with Crippen LogP contribution in [-0.2, 0) is 0 Å². The third-order valence-electron chi connectivity index (χ3n) is 5.10. The first-order valence-corrected chi connectivity index (χ1v) is 8.89. The molecule has 0 aliphatic carbocycles. The summed E-state index contributed by atoms with van der Waals surface area (Å²) >= 11 is 5.92. The molecule has 24 heavy (non-hydrogen) atoms. The number of fused-ring (bicyclic) bond motifs is 4. The van der Waals surface area contributed by atoms with E-state index >= 15 is 0 Å². The van der Waals surface area contributed by atoms with Gasteiger partial charge in [0, 0.05) is 29.4 Å². The van der Waals surface area contributed by atoms with E-state index < -0.39 is 0 Å². The molecule has 126 valence electrons. The topological polar surface area (TPSA) is 50.2 Å². The number of amides is 1. The van der Waals surface area contributed by atoms with Crippen LogP contribution in [0.2, 0.25) is 5.02 Å². The van der Waals surface area contributed by atoms with Crippen LogP contribution in [0.3, 0.4) is 0 Å². The van der Waals surface area contributed by atoms with Crippen LogP contribution in [0.4, 0.5) is 4.79 Å². The molecule has 1 unspecified atom stereocenters. The first kappa shape index (κ1) is 15.7. The lowest BCUT2D eigenvalue weighted by Crippen LogP contribution is -2.43. The molecule has 0 spiro atoms. The first-order valence-electron chi connectivity index (χ1n) is 8.51. The number of halogens is 1. The maximum absolute atomic E-state index is 12.5. The number of hydrogen-bond acceptors (Lipinski definition) is 3. The molecule has 0 saturated carbocycles. The second-order valence-electron chi connectivity index (χ2n) is 6.81. The fraction of sp³-hybridized carbons (Fsp3) is 0.444. The molecular weight excluding hydrogens is 324 g/mol. The average molecular weight is 345 g/mol. The lowest BCUT2D eigenvalue weighted by Gasteiger charge is -2.26. The van der Waals surface area contributed by atoms with Crippen molar-refractivity contribution in [1.29, 1.82) is 0 Å². The standard InChI is InChI=1S/C18H21ClN4O/c19-16-3-1-14(2-4-16)15-10-20-23(11-15)18(24)21-17-9-13-5-7-22(12-17)8-6-13/h1-4,10-11,13,17H,5-9,12H2,(H,21,24). The highest BCUT2D eigenvalue weighted by atomic mass is 35.5. The SMILES string of the molecule is O=C(NC1CC2CCN(CC2)C1)n1cc(-c2ccc(Cl)cc2)cn1. The molecular formula is C18H21ClN4O. The Kier molecular flexibility index (Phi) is 4.29. The fourth-order valence-electron chi connectivity index (χ4n) is 3.76. The van der Waals surface area contributed by atoms with Gasteiger partial charge in [-0.25, -0.2) is 4.79 Å². The maximum Gasteiger partial charge on any atom is 0.342 e. The average Bonchev–Trinajstić information content (AvgIpc) is 2.91. The zero-order chi connectivity index (χ0) is 16.5. The van der Waals surface area contributed by atoms with Gasteiger partial charge in [0.1, 0.15) is 0 Å². The number of rotatable bonds is 2. The molecule has 2 bridgehead atoms. The van der Waals surface area contributed by atoms with E-state index in [1.165, 1.54) is 30.6 Å². The van der Waals surface area contributed by atoms with Crippen LogP contribution in [-0.4, -0.2) is 46.4 Å². The predicted molar refractivity (Wildman–Crippen MR) is 94.2 cm³/mol. The fourth-order valence-corrected chi connectivity index (χ4v) is 3.89. The van der Waals surface area contributed by atoms with Gasteiger partial charge >= 0.3 is 6.03 Å². The molecule has 1 amide bonds. The van der Waals surface area contributed by atoms with E-state index in [0.29, 0.717) is 5.02 Å². The van der Waals surface area contributed by atoms with Gasteiger partial charge in [-0.2, -0.15) is 9.78 Å².